The lowest BCUT2D eigenvalue weighted by Crippen LogP contribution is -2.42. The molecule has 2 N–H and O–H groups in total. The Balaban J connectivity index is 1.85. The summed E-state index contributed by atoms with van der Waals surface area (Å²) in [6, 6.07) is 0.454. The molecule has 0 saturated heterocycles. The molecule has 1 unspecified atom stereocenters. The summed E-state index contributed by atoms with van der Waals surface area (Å²) >= 11 is 0. The van der Waals surface area contributed by atoms with Crippen LogP contribution < -0.4 is 11.0 Å². The molecule has 3 heterocycles. The van der Waals surface area contributed by atoms with Crippen molar-refractivity contribution in [1.82, 2.24) is 25.6 Å². The van der Waals surface area contributed by atoms with Gasteiger partial charge in [-0.2, -0.15) is 26.3 Å². The van der Waals surface area contributed by atoms with Crippen molar-refractivity contribution in [2.75, 3.05) is 6.54 Å². The third kappa shape index (κ3) is 3.82. The number of alkyl halides is 5. The average molecular weight is 395 g/mol. The molecule has 13 heteroatoms. The second-order valence-electron chi connectivity index (χ2n) is 5.59. The summed E-state index contributed by atoms with van der Waals surface area (Å²) in [6.07, 6.45) is -3.99. The van der Waals surface area contributed by atoms with E-state index in [1.165, 1.54) is 18.4 Å². The van der Waals surface area contributed by atoms with Crippen molar-refractivity contribution in [3.05, 3.63) is 52.3 Å². The molecule has 2 aromatic rings. The van der Waals surface area contributed by atoms with E-state index < -0.39 is 42.5 Å². The van der Waals surface area contributed by atoms with E-state index in [4.69, 9.17) is 0 Å². The first-order chi connectivity index (χ1) is 12.6. The fraction of sp³-hybridized carbons (Fsp3) is 0.357. The molecular formula is C14H11F6N5O2. The molecular weight excluding hydrogens is 384 g/mol. The van der Waals surface area contributed by atoms with Gasteiger partial charge in [-0.15, -0.1) is 0 Å². The van der Waals surface area contributed by atoms with Crippen LogP contribution in [0.25, 0.3) is 5.70 Å². The number of nitrogens with zero attached hydrogens (tertiary/aromatic N) is 3. The van der Waals surface area contributed by atoms with Gasteiger partial charge in [-0.25, -0.2) is 10.4 Å². The summed E-state index contributed by atoms with van der Waals surface area (Å²) in [5.41, 5.74) is 1.86. The molecule has 3 rings (SSSR count). The maximum atomic E-state index is 13.2. The molecule has 0 aromatic carbocycles. The Morgan fingerprint density at radius 3 is 2.59 bits per heavy atom. The molecule has 0 radical (unpaired) electrons. The Morgan fingerprint density at radius 1 is 1.26 bits per heavy atom. The Hall–Kier alpha value is -2.83. The second kappa shape index (κ2) is 6.72. The highest BCUT2D eigenvalue weighted by molar-refractivity contribution is 5.63. The minimum atomic E-state index is -5.69. The lowest BCUT2D eigenvalue weighted by Gasteiger charge is -2.26. The molecule has 2 aromatic heterocycles. The Morgan fingerprint density at radius 2 is 2.00 bits per heavy atom. The molecule has 0 aliphatic carbocycles. The van der Waals surface area contributed by atoms with E-state index in [0.717, 1.165) is 5.01 Å². The molecule has 0 spiro atoms. The van der Waals surface area contributed by atoms with E-state index in [-0.39, 0.29) is 17.2 Å². The van der Waals surface area contributed by atoms with Gasteiger partial charge in [0.15, 0.2) is 0 Å². The van der Waals surface area contributed by atoms with Crippen LogP contribution in [0.2, 0.25) is 0 Å². The molecule has 1 aliphatic rings. The zero-order valence-electron chi connectivity index (χ0n) is 13.2. The molecule has 0 amide bonds. The Labute approximate surface area is 146 Å². The standard InChI is InChI=1S/C14H11F6N5O2/c15-7-6-21-11(22-12(7)26)9-5-10(8-1-4-27-24-8)25(23-9)3-2-13(16,17)14(18,19)20/h1,4-6,9,23H,2-3H2,(H,21,22,26). The minimum Gasteiger partial charge on any atom is -0.364 e. The zero-order chi connectivity index (χ0) is 19.8. The summed E-state index contributed by atoms with van der Waals surface area (Å²) in [7, 11) is 0. The second-order valence-corrected chi connectivity index (χ2v) is 5.59. The third-order valence-electron chi connectivity index (χ3n) is 3.74. The molecule has 0 bridgehead atoms. The lowest BCUT2D eigenvalue weighted by molar-refractivity contribution is -0.284. The van der Waals surface area contributed by atoms with Crippen molar-refractivity contribution in [2.24, 2.45) is 0 Å². The van der Waals surface area contributed by atoms with Crippen LogP contribution in [-0.2, 0) is 0 Å². The number of rotatable bonds is 5. The Kier molecular flexibility index (Phi) is 4.71. The number of hydrogen-bond donors (Lipinski definition) is 2. The maximum Gasteiger partial charge on any atom is 0.453 e. The normalized spacial score (nSPS) is 18.1. The van der Waals surface area contributed by atoms with Crippen molar-refractivity contribution in [1.29, 1.82) is 0 Å². The van der Waals surface area contributed by atoms with Crippen molar-refractivity contribution >= 4 is 5.70 Å². The van der Waals surface area contributed by atoms with Crippen LogP contribution in [-0.4, -0.2) is 38.8 Å². The summed E-state index contributed by atoms with van der Waals surface area (Å²) in [4.78, 5) is 17.2. The molecule has 146 valence electrons. The first kappa shape index (κ1) is 18.9. The summed E-state index contributed by atoms with van der Waals surface area (Å²) in [5, 5.41) is 4.62. The predicted octanol–water partition coefficient (Wildman–Crippen LogP) is 2.39. The zero-order valence-corrected chi connectivity index (χ0v) is 13.2. The average Bonchev–Trinajstić information content (AvgIpc) is 3.23. The summed E-state index contributed by atoms with van der Waals surface area (Å²) < 4.78 is 81.3. The first-order valence-corrected chi connectivity index (χ1v) is 7.44. The van der Waals surface area contributed by atoms with E-state index in [0.29, 0.717) is 6.20 Å². The number of halogens is 6. The number of aromatic amines is 1. The van der Waals surface area contributed by atoms with Crippen LogP contribution in [0.1, 0.15) is 24.0 Å². The summed E-state index contributed by atoms with van der Waals surface area (Å²) in [5.74, 6) is -6.09. The molecule has 1 atom stereocenters. The van der Waals surface area contributed by atoms with Gasteiger partial charge in [-0.3, -0.25) is 4.79 Å². The predicted molar refractivity (Wildman–Crippen MR) is 77.5 cm³/mol. The first-order valence-electron chi connectivity index (χ1n) is 7.44. The van der Waals surface area contributed by atoms with E-state index >= 15 is 0 Å². The molecule has 7 nitrogen and oxygen atoms in total. The highest BCUT2D eigenvalue weighted by Gasteiger charge is 2.57. The van der Waals surface area contributed by atoms with Gasteiger partial charge in [0.1, 0.15) is 23.8 Å². The van der Waals surface area contributed by atoms with E-state index in [2.05, 4.69) is 25.1 Å². The molecule has 1 aliphatic heterocycles. The fourth-order valence-corrected chi connectivity index (χ4v) is 2.36. The fourth-order valence-electron chi connectivity index (χ4n) is 2.36. The third-order valence-corrected chi connectivity index (χ3v) is 3.74. The largest absolute Gasteiger partial charge is 0.453 e. The van der Waals surface area contributed by atoms with Crippen LogP contribution in [0.4, 0.5) is 26.3 Å². The van der Waals surface area contributed by atoms with Gasteiger partial charge in [0.2, 0.25) is 5.82 Å². The molecule has 0 saturated carbocycles. The highest BCUT2D eigenvalue weighted by Crippen LogP contribution is 2.39. The van der Waals surface area contributed by atoms with Crippen LogP contribution >= 0.6 is 0 Å². The van der Waals surface area contributed by atoms with Gasteiger partial charge in [0, 0.05) is 19.0 Å². The van der Waals surface area contributed by atoms with Crippen molar-refractivity contribution < 1.29 is 30.9 Å². The molecule has 0 fully saturated rings. The molecule has 27 heavy (non-hydrogen) atoms. The van der Waals surface area contributed by atoms with Gasteiger partial charge < -0.3 is 14.5 Å². The van der Waals surface area contributed by atoms with Crippen LogP contribution in [0, 0.1) is 5.82 Å². The van der Waals surface area contributed by atoms with E-state index in [1.807, 2.05) is 0 Å². The van der Waals surface area contributed by atoms with Crippen LogP contribution in [0.5, 0.6) is 0 Å². The van der Waals surface area contributed by atoms with E-state index in [9.17, 15) is 31.1 Å². The smallest absolute Gasteiger partial charge is 0.364 e. The van der Waals surface area contributed by atoms with Gasteiger partial charge in [-0.05, 0) is 6.08 Å². The number of hydrazine groups is 1. The SMILES string of the molecule is O=c1[nH]c(C2C=C(c3ccon3)N(CCC(F)(F)C(F)(F)F)N2)ncc1F. The number of nitrogens with one attached hydrogen (secondary N) is 2. The monoisotopic (exact) mass is 395 g/mol. The topological polar surface area (TPSA) is 87.0 Å². The van der Waals surface area contributed by atoms with Gasteiger partial charge in [0.25, 0.3) is 5.56 Å². The number of aromatic nitrogens is 3. The van der Waals surface area contributed by atoms with Crippen molar-refractivity contribution in [3.8, 4) is 0 Å². The van der Waals surface area contributed by atoms with Crippen molar-refractivity contribution in [3.63, 3.8) is 0 Å². The minimum absolute atomic E-state index is 0.0625. The van der Waals surface area contributed by atoms with Gasteiger partial charge in [-0.1, -0.05) is 5.16 Å². The van der Waals surface area contributed by atoms with Gasteiger partial charge >= 0.3 is 12.1 Å². The lowest BCUT2D eigenvalue weighted by atomic mass is 10.2. The van der Waals surface area contributed by atoms with Crippen molar-refractivity contribution in [2.45, 2.75) is 24.6 Å². The quantitative estimate of drug-likeness (QED) is 0.757. The van der Waals surface area contributed by atoms with E-state index in [1.54, 1.807) is 0 Å². The Bertz CT molecular complexity index is 892. The summed E-state index contributed by atoms with van der Waals surface area (Å²) in [6.45, 7) is -0.743. The highest BCUT2D eigenvalue weighted by atomic mass is 19.4. The number of H-pyrrole nitrogens is 1. The van der Waals surface area contributed by atoms with Crippen LogP contribution in [0.3, 0.4) is 0 Å². The van der Waals surface area contributed by atoms with Gasteiger partial charge in [0.05, 0.1) is 11.9 Å². The maximum absolute atomic E-state index is 13.2. The number of hydrogen-bond acceptors (Lipinski definition) is 6. The van der Waals surface area contributed by atoms with Crippen LogP contribution in [0.15, 0.2) is 33.9 Å².